The van der Waals surface area contributed by atoms with Gasteiger partial charge in [0.1, 0.15) is 6.10 Å². The molecule has 1 amide bonds. The van der Waals surface area contributed by atoms with E-state index >= 15 is 0 Å². The van der Waals surface area contributed by atoms with Crippen LogP contribution >= 0.6 is 0 Å². The zero-order valence-electron chi connectivity index (χ0n) is 26.3. The van der Waals surface area contributed by atoms with Crippen LogP contribution in [0.1, 0.15) is 54.0 Å². The Kier molecular flexibility index (Phi) is 7.71. The van der Waals surface area contributed by atoms with Crippen LogP contribution in [0, 0.1) is 0 Å². The van der Waals surface area contributed by atoms with Gasteiger partial charge in [0.15, 0.2) is 11.5 Å². The Morgan fingerprint density at radius 2 is 1.83 bits per heavy atom. The summed E-state index contributed by atoms with van der Waals surface area (Å²) in [6.07, 6.45) is 0.826. The van der Waals surface area contributed by atoms with Crippen LogP contribution in [0.5, 0.6) is 11.5 Å². The fourth-order valence-corrected chi connectivity index (χ4v) is 8.64. The van der Waals surface area contributed by atoms with Gasteiger partial charge in [-0.3, -0.25) is 14.5 Å². The smallest absolute Gasteiger partial charge is 0.416 e. The van der Waals surface area contributed by atoms with E-state index in [9.17, 15) is 27.9 Å². The first kappa shape index (κ1) is 31.4. The van der Waals surface area contributed by atoms with E-state index in [4.69, 9.17) is 9.47 Å². The van der Waals surface area contributed by atoms with Crippen molar-refractivity contribution in [2.24, 2.45) is 0 Å². The number of piperidine rings is 1. The molecule has 2 aliphatic heterocycles. The summed E-state index contributed by atoms with van der Waals surface area (Å²) in [4.78, 5) is 29.6. The van der Waals surface area contributed by atoms with Gasteiger partial charge in [0, 0.05) is 38.2 Å². The van der Waals surface area contributed by atoms with Crippen LogP contribution in [-0.2, 0) is 34.0 Å². The molecular formula is C37H37F3N2O5. The molecule has 246 valence electrons. The lowest BCUT2D eigenvalue weighted by atomic mass is 9.48. The second-order valence-electron chi connectivity index (χ2n) is 13.2. The predicted octanol–water partition coefficient (Wildman–Crippen LogP) is 5.57. The number of nitrogens with zero attached hydrogens (tertiary/aromatic N) is 2. The third-order valence-electron chi connectivity index (χ3n) is 10.8. The van der Waals surface area contributed by atoms with Crippen LogP contribution in [0.15, 0.2) is 72.8 Å². The summed E-state index contributed by atoms with van der Waals surface area (Å²) < 4.78 is 51.4. The van der Waals surface area contributed by atoms with Crippen molar-refractivity contribution in [3.05, 3.63) is 101 Å². The number of aliphatic hydroxyl groups is 1. The van der Waals surface area contributed by atoms with Gasteiger partial charge in [-0.15, -0.1) is 0 Å². The first-order valence-corrected chi connectivity index (χ1v) is 16.1. The van der Waals surface area contributed by atoms with Crippen LogP contribution in [-0.4, -0.2) is 70.7 Å². The fraction of sp³-hybridized carbons (Fsp3) is 0.405. The number of rotatable bonds is 7. The molecule has 0 radical (unpaired) electrons. The van der Waals surface area contributed by atoms with Crippen LogP contribution in [0.4, 0.5) is 13.2 Å². The lowest BCUT2D eigenvalue weighted by Crippen LogP contribution is -2.78. The monoisotopic (exact) mass is 646 g/mol. The van der Waals surface area contributed by atoms with Crippen molar-refractivity contribution >= 4 is 18.0 Å². The number of hydrogen-bond acceptors (Lipinski definition) is 6. The minimum atomic E-state index is -4.44. The Morgan fingerprint density at radius 1 is 1.09 bits per heavy atom. The fourth-order valence-electron chi connectivity index (χ4n) is 8.64. The quantitative estimate of drug-likeness (QED) is 0.206. The molecule has 3 aromatic carbocycles. The van der Waals surface area contributed by atoms with Crippen LogP contribution in [0.3, 0.4) is 0 Å². The maximum atomic E-state index is 13.6. The predicted molar refractivity (Wildman–Crippen MR) is 169 cm³/mol. The van der Waals surface area contributed by atoms with E-state index in [2.05, 4.69) is 17.0 Å². The van der Waals surface area contributed by atoms with Crippen molar-refractivity contribution in [3.63, 3.8) is 0 Å². The topological polar surface area (TPSA) is 79.3 Å². The van der Waals surface area contributed by atoms with E-state index in [1.807, 2.05) is 24.3 Å². The van der Waals surface area contributed by atoms with Gasteiger partial charge in [-0.1, -0.05) is 48.5 Å². The molecule has 47 heavy (non-hydrogen) atoms. The number of ether oxygens (including phenoxy) is 2. The minimum absolute atomic E-state index is 0.161. The van der Waals surface area contributed by atoms with Gasteiger partial charge >= 0.3 is 12.1 Å². The molecule has 7 rings (SSSR count). The van der Waals surface area contributed by atoms with Gasteiger partial charge in [-0.25, -0.2) is 0 Å². The lowest BCUT2D eigenvalue weighted by molar-refractivity contribution is -0.199. The van der Waals surface area contributed by atoms with E-state index in [1.165, 1.54) is 36.8 Å². The average molecular weight is 647 g/mol. The standard InChI is InChI=1S/C37H37F3N2O5/c1-23(43)46-29-14-11-26-22-30-36(45)18-16-28(41(2)31(44)15-10-25-8-12-27(13-9-25)37(38,39)40)34-35(36,32(26)33(29)47-34)19-21-42(30)20-17-24-6-4-3-5-7-24/h3-15,28,30,34,45H,16-22H2,1-2H3/t28-,30+,34-,35-,36+/m0/s1. The number of esters is 1. The third kappa shape index (κ3) is 5.13. The highest BCUT2D eigenvalue weighted by atomic mass is 19.4. The molecule has 1 spiro atoms. The zero-order chi connectivity index (χ0) is 33.1. The van der Waals surface area contributed by atoms with Crippen molar-refractivity contribution in [3.8, 4) is 11.5 Å². The number of carbonyl (C=O) groups excluding carboxylic acids is 2. The van der Waals surface area contributed by atoms with E-state index < -0.39 is 40.9 Å². The van der Waals surface area contributed by atoms with Crippen molar-refractivity contribution < 1.29 is 37.3 Å². The summed E-state index contributed by atoms with van der Waals surface area (Å²) in [6.45, 7) is 2.86. The second-order valence-corrected chi connectivity index (χ2v) is 13.2. The summed E-state index contributed by atoms with van der Waals surface area (Å²) in [7, 11) is 1.70. The Hall–Kier alpha value is -4.15. The first-order valence-electron chi connectivity index (χ1n) is 16.1. The van der Waals surface area contributed by atoms with E-state index in [1.54, 1.807) is 18.0 Å². The molecule has 2 heterocycles. The molecule has 10 heteroatoms. The molecule has 7 nitrogen and oxygen atoms in total. The second kappa shape index (κ2) is 11.5. The van der Waals surface area contributed by atoms with E-state index in [0.717, 1.165) is 42.8 Å². The number of halogens is 3. The molecule has 3 aromatic rings. The van der Waals surface area contributed by atoms with Crippen molar-refractivity contribution in [1.29, 1.82) is 0 Å². The van der Waals surface area contributed by atoms with Gasteiger partial charge in [-0.2, -0.15) is 13.2 Å². The molecule has 0 aromatic heterocycles. The molecular weight excluding hydrogens is 609 g/mol. The van der Waals surface area contributed by atoms with Gasteiger partial charge in [0.2, 0.25) is 5.91 Å². The highest BCUT2D eigenvalue weighted by Gasteiger charge is 2.73. The largest absolute Gasteiger partial charge is 0.483 e. The average Bonchev–Trinajstić information content (AvgIpc) is 3.39. The lowest BCUT2D eigenvalue weighted by Gasteiger charge is -2.64. The number of benzene rings is 3. The van der Waals surface area contributed by atoms with Gasteiger partial charge in [-0.05, 0) is 79.6 Å². The molecule has 2 aliphatic carbocycles. The van der Waals surface area contributed by atoms with Crippen LogP contribution < -0.4 is 9.47 Å². The third-order valence-corrected chi connectivity index (χ3v) is 10.8. The molecule has 1 N–H and O–H groups in total. The first-order chi connectivity index (χ1) is 22.4. The Labute approximate surface area is 271 Å². The van der Waals surface area contributed by atoms with Crippen molar-refractivity contribution in [2.45, 2.75) is 74.4 Å². The number of alkyl halides is 3. The van der Waals surface area contributed by atoms with E-state index in [-0.39, 0.29) is 11.9 Å². The number of hydrogen-bond donors (Lipinski definition) is 1. The minimum Gasteiger partial charge on any atom is -0.483 e. The number of likely N-dealkylation sites (N-methyl/N-ethyl adjacent to an activating group) is 1. The number of carbonyl (C=O) groups is 2. The van der Waals surface area contributed by atoms with Gasteiger partial charge in [0.25, 0.3) is 0 Å². The molecule has 0 unspecified atom stereocenters. The van der Waals surface area contributed by atoms with Crippen LogP contribution in [0.2, 0.25) is 0 Å². The maximum Gasteiger partial charge on any atom is 0.416 e. The molecule has 1 saturated carbocycles. The SMILES string of the molecule is CC(=O)Oc1ccc2c3c1O[C@H]1[C@@H](N(C)C(=O)C=Cc4ccc(C(F)(F)F)cc4)CC[C@@]4(O)[C@@H](C2)N(CCc2ccccc2)CC[C@]314. The molecule has 2 bridgehead atoms. The van der Waals surface area contributed by atoms with E-state index in [0.29, 0.717) is 42.7 Å². The number of amides is 1. The summed E-state index contributed by atoms with van der Waals surface area (Å²) in [5.74, 6) is -0.0360. The van der Waals surface area contributed by atoms with Gasteiger partial charge < -0.3 is 19.5 Å². The Bertz CT molecular complexity index is 1730. The van der Waals surface area contributed by atoms with Crippen molar-refractivity contribution in [2.75, 3.05) is 20.1 Å². The highest BCUT2D eigenvalue weighted by molar-refractivity contribution is 5.92. The molecule has 4 aliphatic rings. The summed E-state index contributed by atoms with van der Waals surface area (Å²) >= 11 is 0. The summed E-state index contributed by atoms with van der Waals surface area (Å²) in [6, 6.07) is 18.1. The Balaban J connectivity index is 1.20. The van der Waals surface area contributed by atoms with Crippen LogP contribution in [0.25, 0.3) is 6.08 Å². The molecule has 5 atom stereocenters. The molecule has 2 fully saturated rings. The zero-order valence-corrected chi connectivity index (χ0v) is 26.3. The van der Waals surface area contributed by atoms with Crippen molar-refractivity contribution in [1.82, 2.24) is 9.80 Å². The normalized spacial score (nSPS) is 27.7. The summed E-state index contributed by atoms with van der Waals surface area (Å²) in [5, 5.41) is 12.9. The highest BCUT2D eigenvalue weighted by Crippen LogP contribution is 2.66. The number of likely N-dealkylation sites (tertiary alicyclic amines) is 1. The van der Waals surface area contributed by atoms with Gasteiger partial charge in [0.05, 0.1) is 22.6 Å². The molecule has 1 saturated heterocycles. The maximum absolute atomic E-state index is 13.6. The Morgan fingerprint density at radius 3 is 2.53 bits per heavy atom. The summed E-state index contributed by atoms with van der Waals surface area (Å²) in [5.41, 5.74) is 0.913.